The molecule has 8 atom stereocenters. The highest BCUT2D eigenvalue weighted by Gasteiger charge is 2.41. The molecule has 0 aromatic heterocycles. The number of halogens is 3. The highest BCUT2D eigenvalue weighted by atomic mass is 35.5. The van der Waals surface area contributed by atoms with Crippen LogP contribution in [0.25, 0.3) is 22.3 Å². The molecular weight excluding hydrogens is 1340 g/mol. The Morgan fingerprint density at radius 3 is 1.74 bits per heavy atom. The minimum Gasteiger partial charge on any atom is -0.508 e. The molecule has 99 heavy (non-hydrogen) atoms. The number of carbonyl (C=O) groups excluding carboxylic acids is 7. The van der Waals surface area contributed by atoms with Gasteiger partial charge in [-0.3, -0.25) is 33.6 Å². The maximum absolute atomic E-state index is 16.0. The Morgan fingerprint density at radius 2 is 1.06 bits per heavy atom. The standard InChI is InChI=1S/C71H55Cl3N8O17/c72-39-11-6-33(7-12-39)32-4-1-30(2-5-32)29-76-67(92)61-44-27-41(84)28-50(87)56(44)43-21-35(9-13-48(43)85)58-68(93)82-62(71(96)81-61)63(88)36-10-16-52(46(74)22-36)99-55-25-38-24-54(64(55)89)98-51-15-3-31(17-45(51)73)18-47-65(90)78-59(69(94)80-60(38)70(95)79-58)37-19-40(83)26-42(20-37)97-53-23-34(8-14-49(53)86)57(75)66(91)77-47/h1-17,19-28,47,57-63,83-89H,18,29,75H2,(H,76,92)(H,77,91)(H,78,90)(H,79,95)(H,80,94)(H,81,96)(H,82,93)/t47-,57+,58-,59+,60-,61+,62+,63-/m1/s1. The Balaban J connectivity index is 0.967. The Hall–Kier alpha value is -11.7. The fraction of sp³-hybridized carbons (Fsp3) is 0.141. The summed E-state index contributed by atoms with van der Waals surface area (Å²) in [6.45, 7) is -0.165. The van der Waals surface area contributed by atoms with Crippen LogP contribution >= 0.6 is 34.8 Å². The molecule has 0 saturated heterocycles. The van der Waals surface area contributed by atoms with Crippen LogP contribution in [0.1, 0.15) is 80.8 Å². The van der Waals surface area contributed by atoms with Crippen LogP contribution in [-0.4, -0.2) is 89.2 Å². The van der Waals surface area contributed by atoms with E-state index in [0.717, 1.165) is 65.7 Å². The number of nitrogens with two attached hydrogens (primary N) is 1. The molecule has 0 spiro atoms. The summed E-state index contributed by atoms with van der Waals surface area (Å²) in [6.07, 6.45) is -2.46. The maximum Gasteiger partial charge on any atom is 0.248 e. The lowest BCUT2D eigenvalue weighted by atomic mass is 9.89. The van der Waals surface area contributed by atoms with Gasteiger partial charge < -0.3 is 92.9 Å². The predicted molar refractivity (Wildman–Crippen MR) is 356 cm³/mol. The van der Waals surface area contributed by atoms with Gasteiger partial charge in [0.1, 0.15) is 88.6 Å². The smallest absolute Gasteiger partial charge is 0.248 e. The molecule has 6 aliphatic heterocycles. The number of phenols is 6. The van der Waals surface area contributed by atoms with Crippen molar-refractivity contribution in [1.82, 2.24) is 37.2 Å². The van der Waals surface area contributed by atoms with E-state index in [1.165, 1.54) is 60.7 Å². The highest BCUT2D eigenvalue weighted by molar-refractivity contribution is 6.32. The molecule has 6 aliphatic rings. The lowest BCUT2D eigenvalue weighted by Crippen LogP contribution is -2.55. The monoisotopic (exact) mass is 1400 g/mol. The summed E-state index contributed by atoms with van der Waals surface area (Å²) in [5.41, 5.74) is 7.15. The number of carbonyl (C=O) groups is 7. The van der Waals surface area contributed by atoms with E-state index in [1.54, 1.807) is 36.4 Å². The van der Waals surface area contributed by atoms with Crippen LogP contribution in [0.4, 0.5) is 0 Å². The molecule has 0 fully saturated rings. The van der Waals surface area contributed by atoms with Crippen molar-refractivity contribution in [2.45, 2.75) is 61.4 Å². The first-order chi connectivity index (χ1) is 47.4. The van der Waals surface area contributed by atoms with E-state index >= 15 is 24.0 Å². The zero-order valence-corrected chi connectivity index (χ0v) is 53.3. The molecule has 25 nitrogen and oxygen atoms in total. The summed E-state index contributed by atoms with van der Waals surface area (Å²) in [5.74, 6) is -13.7. The Kier molecular flexibility index (Phi) is 17.8. The van der Waals surface area contributed by atoms with Crippen molar-refractivity contribution in [1.29, 1.82) is 0 Å². The van der Waals surface area contributed by atoms with Gasteiger partial charge in [0.2, 0.25) is 47.1 Å². The number of fused-ring (bicyclic) bond motifs is 14. The average Bonchev–Trinajstić information content (AvgIpc) is 0.769. The molecule has 502 valence electrons. The van der Waals surface area contributed by atoms with Gasteiger partial charge in [0, 0.05) is 41.2 Å². The molecule has 9 aromatic rings. The van der Waals surface area contributed by atoms with Gasteiger partial charge in [-0.1, -0.05) is 95.5 Å². The van der Waals surface area contributed by atoms with Gasteiger partial charge in [0.25, 0.3) is 0 Å². The van der Waals surface area contributed by atoms with Gasteiger partial charge in [-0.2, -0.15) is 0 Å². The molecule has 7 amide bonds. The summed E-state index contributed by atoms with van der Waals surface area (Å²) in [4.78, 5) is 107. The van der Waals surface area contributed by atoms with E-state index in [4.69, 9.17) is 54.7 Å². The molecule has 9 aromatic carbocycles. The Bertz CT molecular complexity index is 4850. The van der Waals surface area contributed by atoms with Gasteiger partial charge in [-0.05, 0) is 147 Å². The zero-order valence-electron chi connectivity index (χ0n) is 51.0. The quantitative estimate of drug-likeness (QED) is 0.0784. The molecule has 0 radical (unpaired) electrons. The van der Waals surface area contributed by atoms with Crippen molar-refractivity contribution < 1.29 is 83.5 Å². The summed E-state index contributed by atoms with van der Waals surface area (Å²) in [6, 6.07) is 23.3. The number of aliphatic hydroxyl groups excluding tert-OH is 1. The minimum absolute atomic E-state index is 0.121. The Labute approximate surface area is 575 Å². The van der Waals surface area contributed by atoms with Gasteiger partial charge in [0.05, 0.1) is 10.0 Å². The van der Waals surface area contributed by atoms with Gasteiger partial charge in [0.15, 0.2) is 23.0 Å². The van der Waals surface area contributed by atoms with Crippen LogP contribution in [0.3, 0.4) is 0 Å². The number of aromatic hydroxyl groups is 6. The minimum atomic E-state index is -2.17. The van der Waals surface area contributed by atoms with E-state index in [1.807, 2.05) is 12.1 Å². The largest absolute Gasteiger partial charge is 0.508 e. The SMILES string of the molecule is N[C@@H]1C(=O)N[C@@H]2Cc3ccc(c(Cl)c3)Oc3cc4cc(c3O)Oc3ccc(cc3Cl)[C@@H](O)[C@@H]3NC(=O)[C@H](NC(=O)[C@@H]4NC(=O)[C@@H](NC2=O)c2cc(O)cc(c2)Oc2cc1ccc2O)c1ccc(O)c(c1)-c1c(O)cc(O)cc1[C@@H](C(=O)NCc1ccc(-c2ccc(Cl)cc2)cc1)NC3=O. The molecule has 17 bridgehead atoms. The molecule has 0 aliphatic carbocycles. The average molecular weight is 1400 g/mol. The highest BCUT2D eigenvalue weighted by Crippen LogP contribution is 2.48. The van der Waals surface area contributed by atoms with Crippen molar-refractivity contribution in [3.05, 3.63) is 223 Å². The second-order valence-electron chi connectivity index (χ2n) is 23.7. The van der Waals surface area contributed by atoms with E-state index in [2.05, 4.69) is 37.2 Å². The normalized spacial score (nSPS) is 20.5. The van der Waals surface area contributed by atoms with Crippen LogP contribution in [-0.2, 0) is 46.5 Å². The number of hydrogen-bond donors (Lipinski definition) is 15. The summed E-state index contributed by atoms with van der Waals surface area (Å²) in [7, 11) is 0. The number of hydrogen-bond acceptors (Lipinski definition) is 18. The zero-order chi connectivity index (χ0) is 69.8. The van der Waals surface area contributed by atoms with E-state index in [0.29, 0.717) is 16.1 Å². The number of rotatable bonds is 4. The second-order valence-corrected chi connectivity index (χ2v) is 24.9. The maximum atomic E-state index is 16.0. The van der Waals surface area contributed by atoms with Crippen LogP contribution in [0.2, 0.25) is 15.1 Å². The van der Waals surface area contributed by atoms with E-state index < -0.39 is 136 Å². The molecular formula is C71H55Cl3N8O17. The summed E-state index contributed by atoms with van der Waals surface area (Å²) < 4.78 is 18.6. The number of aliphatic hydroxyl groups is 1. The molecule has 0 unspecified atom stereocenters. The third kappa shape index (κ3) is 13.5. The van der Waals surface area contributed by atoms with Gasteiger partial charge >= 0.3 is 0 Å². The van der Waals surface area contributed by atoms with Crippen molar-refractivity contribution in [3.8, 4) is 91.2 Å². The topological polar surface area (TPSA) is 399 Å². The van der Waals surface area contributed by atoms with Crippen molar-refractivity contribution in [2.24, 2.45) is 5.73 Å². The third-order valence-corrected chi connectivity index (χ3v) is 17.9. The first-order valence-corrected chi connectivity index (χ1v) is 31.5. The van der Waals surface area contributed by atoms with Crippen LogP contribution in [0.5, 0.6) is 69.0 Å². The molecule has 16 N–H and O–H groups in total. The molecule has 15 rings (SSSR count). The Morgan fingerprint density at radius 1 is 0.485 bits per heavy atom. The molecule has 0 saturated carbocycles. The van der Waals surface area contributed by atoms with Crippen molar-refractivity contribution in [2.75, 3.05) is 0 Å². The van der Waals surface area contributed by atoms with Gasteiger partial charge in [-0.25, -0.2) is 0 Å². The van der Waals surface area contributed by atoms with E-state index in [9.17, 15) is 45.3 Å². The third-order valence-electron chi connectivity index (χ3n) is 17.1. The molecule has 6 heterocycles. The number of benzene rings is 9. The lowest BCUT2D eigenvalue weighted by Gasteiger charge is -2.31. The van der Waals surface area contributed by atoms with Crippen LogP contribution < -0.4 is 57.2 Å². The van der Waals surface area contributed by atoms with Gasteiger partial charge in [-0.15, -0.1) is 0 Å². The number of amides is 7. The summed E-state index contributed by atoms with van der Waals surface area (Å²) in [5, 5.41) is 100. The fourth-order valence-corrected chi connectivity index (χ4v) is 12.6. The first kappa shape index (κ1) is 65.9. The number of nitrogens with one attached hydrogen (secondary N) is 7. The first-order valence-electron chi connectivity index (χ1n) is 30.3. The van der Waals surface area contributed by atoms with Crippen LogP contribution in [0, 0.1) is 0 Å². The van der Waals surface area contributed by atoms with Crippen molar-refractivity contribution in [3.63, 3.8) is 0 Å². The molecule has 28 heteroatoms. The van der Waals surface area contributed by atoms with Crippen molar-refractivity contribution >= 4 is 76.2 Å². The summed E-state index contributed by atoms with van der Waals surface area (Å²) >= 11 is 20.0. The second kappa shape index (κ2) is 26.7. The predicted octanol–water partition coefficient (Wildman–Crippen LogP) is 8.54. The van der Waals surface area contributed by atoms with Crippen LogP contribution in [0.15, 0.2) is 164 Å². The van der Waals surface area contributed by atoms with E-state index in [-0.39, 0.29) is 90.5 Å². The number of phenolic OH excluding ortho intramolecular Hbond substituents is 6. The lowest BCUT2D eigenvalue weighted by molar-refractivity contribution is -0.137. The number of ether oxygens (including phenoxy) is 3. The fourth-order valence-electron chi connectivity index (χ4n) is 12.0.